The number of amides is 3. The molecule has 0 radical (unpaired) electrons. The standard InChI is InChI=1S/C12H11BrF3N3O2/c13-9-2-1-7(5-8(9)12(14,15)16)18-6-10(20)19-4-3-17-11(19)21/h1-2,5,18H,3-4,6H2,(H,17,21). The van der Waals surface area contributed by atoms with E-state index in [1.54, 1.807) is 0 Å². The molecular weight excluding hydrogens is 355 g/mol. The molecular formula is C12H11BrF3N3O2. The molecule has 0 saturated carbocycles. The van der Waals surface area contributed by atoms with Crippen LogP contribution < -0.4 is 10.6 Å². The van der Waals surface area contributed by atoms with Crippen LogP contribution in [0.1, 0.15) is 5.56 Å². The van der Waals surface area contributed by atoms with Gasteiger partial charge in [-0.1, -0.05) is 15.9 Å². The summed E-state index contributed by atoms with van der Waals surface area (Å²) in [6.45, 7) is 0.376. The van der Waals surface area contributed by atoms with E-state index in [0.717, 1.165) is 11.0 Å². The highest BCUT2D eigenvalue weighted by Crippen LogP contribution is 2.36. The van der Waals surface area contributed by atoms with E-state index in [1.807, 2.05) is 0 Å². The van der Waals surface area contributed by atoms with Crippen LogP contribution in [0, 0.1) is 0 Å². The smallest absolute Gasteiger partial charge is 0.376 e. The number of imide groups is 1. The number of halogens is 4. The summed E-state index contributed by atoms with van der Waals surface area (Å²) in [5.74, 6) is -0.499. The van der Waals surface area contributed by atoms with Crippen molar-refractivity contribution in [1.29, 1.82) is 0 Å². The van der Waals surface area contributed by atoms with Crippen LogP contribution in [0.2, 0.25) is 0 Å². The van der Waals surface area contributed by atoms with Crippen molar-refractivity contribution in [1.82, 2.24) is 10.2 Å². The van der Waals surface area contributed by atoms with Crippen molar-refractivity contribution in [3.8, 4) is 0 Å². The topological polar surface area (TPSA) is 61.4 Å². The Kier molecular flexibility index (Phi) is 4.40. The van der Waals surface area contributed by atoms with Gasteiger partial charge in [0.05, 0.1) is 12.1 Å². The molecule has 1 aromatic carbocycles. The Morgan fingerprint density at radius 2 is 2.14 bits per heavy atom. The first kappa shape index (κ1) is 15.6. The maximum Gasteiger partial charge on any atom is 0.417 e. The zero-order valence-electron chi connectivity index (χ0n) is 10.6. The number of benzene rings is 1. The van der Waals surface area contributed by atoms with E-state index in [4.69, 9.17) is 0 Å². The Hall–Kier alpha value is -1.77. The molecule has 1 saturated heterocycles. The second-order valence-electron chi connectivity index (χ2n) is 4.32. The third-order valence-electron chi connectivity index (χ3n) is 2.87. The quantitative estimate of drug-likeness (QED) is 0.864. The number of urea groups is 1. The molecule has 3 amide bonds. The van der Waals surface area contributed by atoms with Crippen LogP contribution in [0.15, 0.2) is 22.7 Å². The Balaban J connectivity index is 2.04. The highest BCUT2D eigenvalue weighted by Gasteiger charge is 2.33. The van der Waals surface area contributed by atoms with Gasteiger partial charge in [0, 0.05) is 23.2 Å². The van der Waals surface area contributed by atoms with E-state index < -0.39 is 23.7 Å². The van der Waals surface area contributed by atoms with Crippen molar-refractivity contribution in [2.45, 2.75) is 6.18 Å². The SMILES string of the molecule is O=C(CNc1ccc(Br)c(C(F)(F)F)c1)N1CCNC1=O. The summed E-state index contributed by atoms with van der Waals surface area (Å²) in [5, 5.41) is 5.06. The molecule has 114 valence electrons. The Labute approximate surface area is 126 Å². The van der Waals surface area contributed by atoms with E-state index in [1.165, 1.54) is 12.1 Å². The normalized spacial score (nSPS) is 15.0. The first-order valence-corrected chi connectivity index (χ1v) is 6.77. The predicted molar refractivity (Wildman–Crippen MR) is 72.7 cm³/mol. The molecule has 0 bridgehead atoms. The maximum atomic E-state index is 12.7. The first-order chi connectivity index (χ1) is 9.79. The van der Waals surface area contributed by atoms with Crippen molar-refractivity contribution in [2.75, 3.05) is 25.0 Å². The molecule has 1 aliphatic heterocycles. The number of hydrogen-bond donors (Lipinski definition) is 2. The first-order valence-electron chi connectivity index (χ1n) is 5.98. The lowest BCUT2D eigenvalue weighted by atomic mass is 10.2. The van der Waals surface area contributed by atoms with Crippen LogP contribution in [0.3, 0.4) is 0 Å². The molecule has 0 aromatic heterocycles. The molecule has 0 aliphatic carbocycles. The summed E-state index contributed by atoms with van der Waals surface area (Å²) < 4.78 is 38.1. The molecule has 0 atom stereocenters. The van der Waals surface area contributed by atoms with Gasteiger partial charge >= 0.3 is 12.2 Å². The fourth-order valence-electron chi connectivity index (χ4n) is 1.84. The minimum atomic E-state index is -4.49. The summed E-state index contributed by atoms with van der Waals surface area (Å²) in [5.41, 5.74) is -0.683. The van der Waals surface area contributed by atoms with Gasteiger partial charge in [-0.25, -0.2) is 4.79 Å². The van der Waals surface area contributed by atoms with Gasteiger partial charge in [-0.2, -0.15) is 13.2 Å². The Morgan fingerprint density at radius 1 is 1.43 bits per heavy atom. The Bertz CT molecular complexity index is 577. The van der Waals surface area contributed by atoms with Gasteiger partial charge in [0.2, 0.25) is 5.91 Å². The number of rotatable bonds is 3. The van der Waals surface area contributed by atoms with Gasteiger partial charge in [-0.15, -0.1) is 0 Å². The van der Waals surface area contributed by atoms with Gasteiger partial charge in [-0.3, -0.25) is 9.69 Å². The molecule has 2 rings (SSSR count). The van der Waals surface area contributed by atoms with Crippen molar-refractivity contribution in [2.24, 2.45) is 0 Å². The van der Waals surface area contributed by atoms with E-state index >= 15 is 0 Å². The van der Waals surface area contributed by atoms with Gasteiger partial charge in [0.1, 0.15) is 0 Å². The number of nitrogens with one attached hydrogen (secondary N) is 2. The van der Waals surface area contributed by atoms with Crippen molar-refractivity contribution < 1.29 is 22.8 Å². The largest absolute Gasteiger partial charge is 0.417 e. The van der Waals surface area contributed by atoms with Crippen LogP contribution in [0.25, 0.3) is 0 Å². The molecule has 1 aliphatic rings. The second kappa shape index (κ2) is 5.92. The summed E-state index contributed by atoms with van der Waals surface area (Å²) in [6, 6.07) is 3.07. The average Bonchev–Trinajstić information content (AvgIpc) is 2.82. The fourth-order valence-corrected chi connectivity index (χ4v) is 2.31. The van der Waals surface area contributed by atoms with Crippen molar-refractivity contribution >= 4 is 33.6 Å². The molecule has 1 heterocycles. The fraction of sp³-hybridized carbons (Fsp3) is 0.333. The number of carbonyl (C=O) groups is 2. The highest BCUT2D eigenvalue weighted by molar-refractivity contribution is 9.10. The predicted octanol–water partition coefficient (Wildman–Crippen LogP) is 2.43. The molecule has 21 heavy (non-hydrogen) atoms. The lowest BCUT2D eigenvalue weighted by Gasteiger charge is -2.15. The Morgan fingerprint density at radius 3 is 2.71 bits per heavy atom. The maximum absolute atomic E-state index is 12.7. The minimum Gasteiger partial charge on any atom is -0.376 e. The molecule has 2 N–H and O–H groups in total. The van der Waals surface area contributed by atoms with Crippen LogP contribution in [0.5, 0.6) is 0 Å². The van der Waals surface area contributed by atoms with Gasteiger partial charge in [0.25, 0.3) is 0 Å². The number of anilines is 1. The third kappa shape index (κ3) is 3.66. The van der Waals surface area contributed by atoms with E-state index in [9.17, 15) is 22.8 Å². The molecule has 1 fully saturated rings. The van der Waals surface area contributed by atoms with E-state index in [2.05, 4.69) is 26.6 Å². The second-order valence-corrected chi connectivity index (χ2v) is 5.18. The van der Waals surface area contributed by atoms with Crippen molar-refractivity contribution in [3.63, 3.8) is 0 Å². The third-order valence-corrected chi connectivity index (χ3v) is 3.56. The van der Waals surface area contributed by atoms with E-state index in [0.29, 0.717) is 6.54 Å². The van der Waals surface area contributed by atoms with E-state index in [-0.39, 0.29) is 23.2 Å². The highest BCUT2D eigenvalue weighted by atomic mass is 79.9. The summed E-state index contributed by atoms with van der Waals surface area (Å²) in [7, 11) is 0. The summed E-state index contributed by atoms with van der Waals surface area (Å²) in [6.07, 6.45) is -4.49. The number of carbonyl (C=O) groups excluding carboxylic acids is 2. The van der Waals surface area contributed by atoms with Gasteiger partial charge in [-0.05, 0) is 18.2 Å². The zero-order chi connectivity index (χ0) is 15.6. The van der Waals surface area contributed by atoms with Crippen LogP contribution >= 0.6 is 15.9 Å². The molecule has 0 spiro atoms. The van der Waals surface area contributed by atoms with Crippen LogP contribution in [-0.2, 0) is 11.0 Å². The number of nitrogens with zero attached hydrogens (tertiary/aromatic N) is 1. The van der Waals surface area contributed by atoms with Crippen LogP contribution in [0.4, 0.5) is 23.7 Å². The van der Waals surface area contributed by atoms with Crippen LogP contribution in [-0.4, -0.2) is 36.5 Å². The molecule has 1 aromatic rings. The minimum absolute atomic E-state index is 0.0780. The molecule has 9 heteroatoms. The average molecular weight is 366 g/mol. The number of alkyl halides is 3. The van der Waals surface area contributed by atoms with Crippen molar-refractivity contribution in [3.05, 3.63) is 28.2 Å². The lowest BCUT2D eigenvalue weighted by Crippen LogP contribution is -2.38. The lowest BCUT2D eigenvalue weighted by molar-refractivity contribution is -0.138. The van der Waals surface area contributed by atoms with Gasteiger partial charge < -0.3 is 10.6 Å². The zero-order valence-corrected chi connectivity index (χ0v) is 12.2. The summed E-state index contributed by atoms with van der Waals surface area (Å²) in [4.78, 5) is 24.0. The molecule has 0 unspecified atom stereocenters. The number of hydrogen-bond acceptors (Lipinski definition) is 3. The monoisotopic (exact) mass is 365 g/mol. The summed E-state index contributed by atoms with van der Waals surface area (Å²) >= 11 is 2.83. The molecule has 5 nitrogen and oxygen atoms in total. The van der Waals surface area contributed by atoms with Gasteiger partial charge in [0.15, 0.2) is 0 Å².